The van der Waals surface area contributed by atoms with Gasteiger partial charge >= 0.3 is 12.1 Å². The van der Waals surface area contributed by atoms with Gasteiger partial charge in [0.05, 0.1) is 12.7 Å². The molecule has 170 valence electrons. The summed E-state index contributed by atoms with van der Waals surface area (Å²) >= 11 is 5.85. The van der Waals surface area contributed by atoms with E-state index in [0.717, 1.165) is 17.4 Å². The fourth-order valence-electron chi connectivity index (χ4n) is 3.20. The molecule has 1 aliphatic rings. The molecule has 9 heteroatoms. The number of carbonyl (C=O) groups excluding carboxylic acids is 2. The van der Waals surface area contributed by atoms with Gasteiger partial charge in [0.15, 0.2) is 5.60 Å². The molecule has 5 nitrogen and oxygen atoms in total. The van der Waals surface area contributed by atoms with E-state index in [9.17, 15) is 22.8 Å². The third kappa shape index (κ3) is 8.24. The number of halogens is 4. The van der Waals surface area contributed by atoms with Crippen LogP contribution in [0.1, 0.15) is 43.7 Å². The number of benzene rings is 1. The Labute approximate surface area is 179 Å². The van der Waals surface area contributed by atoms with Crippen LogP contribution >= 0.6 is 11.6 Å². The van der Waals surface area contributed by atoms with Crippen LogP contribution in [0.3, 0.4) is 0 Å². The zero-order chi connectivity index (χ0) is 22.8. The smallest absolute Gasteiger partial charge is 0.411 e. The lowest BCUT2D eigenvalue weighted by molar-refractivity contribution is -0.198. The van der Waals surface area contributed by atoms with Gasteiger partial charge in [-0.15, -0.1) is 0 Å². The topological polar surface area (TPSA) is 61.8 Å². The second-order valence-electron chi connectivity index (χ2n) is 6.95. The summed E-state index contributed by atoms with van der Waals surface area (Å²) < 4.78 is 51.1. The first kappa shape index (κ1) is 26.4. The Kier molecular flexibility index (Phi) is 10.8. The Balaban J connectivity index is 0.000000346. The van der Waals surface area contributed by atoms with Gasteiger partial charge in [0, 0.05) is 18.6 Å². The van der Waals surface area contributed by atoms with Crippen molar-refractivity contribution in [2.24, 2.45) is 0 Å². The molecule has 0 bridgehead atoms. The van der Waals surface area contributed by atoms with Crippen molar-refractivity contribution in [1.82, 2.24) is 0 Å². The molecular weight excluding hydrogens is 425 g/mol. The van der Waals surface area contributed by atoms with Gasteiger partial charge in [0.1, 0.15) is 12.9 Å². The zero-order valence-corrected chi connectivity index (χ0v) is 18.1. The van der Waals surface area contributed by atoms with E-state index in [0.29, 0.717) is 37.1 Å². The van der Waals surface area contributed by atoms with Crippen molar-refractivity contribution in [2.45, 2.75) is 63.8 Å². The van der Waals surface area contributed by atoms with E-state index in [1.165, 1.54) is 7.11 Å². The summed E-state index contributed by atoms with van der Waals surface area (Å²) in [5, 5.41) is 0.678. The molecule has 0 unspecified atom stereocenters. The number of hydrogen-bond acceptors (Lipinski definition) is 5. The van der Waals surface area contributed by atoms with Gasteiger partial charge in [0.25, 0.3) is 0 Å². The molecule has 1 saturated carbocycles. The highest BCUT2D eigenvalue weighted by Gasteiger charge is 2.44. The Hall–Kier alpha value is -1.64. The molecule has 0 atom stereocenters. The predicted octanol–water partition coefficient (Wildman–Crippen LogP) is 4.85. The first-order valence-electron chi connectivity index (χ1n) is 9.67. The van der Waals surface area contributed by atoms with Gasteiger partial charge in [-0.05, 0) is 56.7 Å². The van der Waals surface area contributed by atoms with Crippen molar-refractivity contribution >= 4 is 23.9 Å². The summed E-state index contributed by atoms with van der Waals surface area (Å²) in [6.45, 7) is 2.64. The average Bonchev–Trinajstić information content (AvgIpc) is 2.70. The Morgan fingerprint density at radius 1 is 1.30 bits per heavy atom. The molecule has 0 N–H and O–H groups in total. The number of alkyl halides is 3. The molecule has 1 aromatic rings. The average molecular weight is 453 g/mol. The second kappa shape index (κ2) is 12.3. The summed E-state index contributed by atoms with van der Waals surface area (Å²) in [7, 11) is 1.41. The molecule has 0 saturated heterocycles. The van der Waals surface area contributed by atoms with E-state index in [4.69, 9.17) is 25.8 Å². The van der Waals surface area contributed by atoms with Crippen LogP contribution in [0.5, 0.6) is 0 Å². The number of esters is 1. The molecule has 30 heavy (non-hydrogen) atoms. The zero-order valence-electron chi connectivity index (χ0n) is 17.4. The minimum Gasteiger partial charge on any atom is -0.464 e. The molecule has 1 fully saturated rings. The van der Waals surface area contributed by atoms with E-state index in [-0.39, 0.29) is 6.61 Å². The maximum absolute atomic E-state index is 12.0. The third-order valence-corrected chi connectivity index (χ3v) is 5.26. The summed E-state index contributed by atoms with van der Waals surface area (Å²) in [6, 6.07) is 5.63. The molecule has 0 spiro atoms. The normalized spacial score (nSPS) is 21.4. The van der Waals surface area contributed by atoms with Crippen LogP contribution in [0.4, 0.5) is 13.2 Å². The molecule has 0 radical (unpaired) electrons. The molecule has 0 aromatic heterocycles. The SMILES string of the molecule is CCOC(=O)C1(OC)CCC(OCC(F)(F)F)CC1.Cc1cccc(Cl)c1CC=O. The molecule has 0 amide bonds. The van der Waals surface area contributed by atoms with Crippen LogP contribution in [0.15, 0.2) is 18.2 Å². The van der Waals surface area contributed by atoms with Crippen LogP contribution < -0.4 is 0 Å². The van der Waals surface area contributed by atoms with Crippen molar-refractivity contribution in [3.05, 3.63) is 34.3 Å². The standard InChI is InChI=1S/C12H19F3O4.C9H9ClO/c1-3-18-10(16)11(17-2)6-4-9(5-7-11)19-8-12(13,14)15;1-7-3-2-4-9(10)8(7)5-6-11/h9H,3-8H2,1-2H3;2-4,6H,5H2,1H3. The summed E-state index contributed by atoms with van der Waals surface area (Å²) in [6.07, 6.45) is -2.21. The van der Waals surface area contributed by atoms with Crippen LogP contribution in [0.2, 0.25) is 5.02 Å². The maximum Gasteiger partial charge on any atom is 0.411 e. The molecule has 0 aliphatic heterocycles. The monoisotopic (exact) mass is 452 g/mol. The van der Waals surface area contributed by atoms with Gasteiger partial charge in [-0.1, -0.05) is 23.7 Å². The van der Waals surface area contributed by atoms with Crippen molar-refractivity contribution in [3.8, 4) is 0 Å². The fraction of sp³-hybridized carbons (Fsp3) is 0.619. The number of hydrogen-bond donors (Lipinski definition) is 0. The van der Waals surface area contributed by atoms with E-state index < -0.39 is 30.5 Å². The van der Waals surface area contributed by atoms with Crippen molar-refractivity contribution in [1.29, 1.82) is 0 Å². The number of methoxy groups -OCH3 is 1. The molecule has 1 aromatic carbocycles. The van der Waals surface area contributed by atoms with Crippen molar-refractivity contribution in [2.75, 3.05) is 20.3 Å². The number of ether oxygens (including phenoxy) is 3. The van der Waals surface area contributed by atoms with Crippen LogP contribution in [0, 0.1) is 6.92 Å². The molecule has 1 aliphatic carbocycles. The van der Waals surface area contributed by atoms with Gasteiger partial charge in [-0.2, -0.15) is 13.2 Å². The van der Waals surface area contributed by atoms with Crippen LogP contribution in [-0.4, -0.2) is 50.5 Å². The number of aldehydes is 1. The Morgan fingerprint density at radius 3 is 2.40 bits per heavy atom. The minimum atomic E-state index is -4.32. The van der Waals surface area contributed by atoms with E-state index in [1.54, 1.807) is 13.0 Å². The van der Waals surface area contributed by atoms with Crippen molar-refractivity contribution in [3.63, 3.8) is 0 Å². The van der Waals surface area contributed by atoms with E-state index >= 15 is 0 Å². The Morgan fingerprint density at radius 2 is 1.93 bits per heavy atom. The van der Waals surface area contributed by atoms with Crippen LogP contribution in [-0.2, 0) is 30.2 Å². The summed E-state index contributed by atoms with van der Waals surface area (Å²) in [5.41, 5.74) is 0.974. The summed E-state index contributed by atoms with van der Waals surface area (Å²) in [5.74, 6) is -0.452. The van der Waals surface area contributed by atoms with Crippen LogP contribution in [0.25, 0.3) is 0 Å². The Bertz CT molecular complexity index is 665. The summed E-state index contributed by atoms with van der Waals surface area (Å²) in [4.78, 5) is 22.0. The van der Waals surface area contributed by atoms with Crippen molar-refractivity contribution < 1.29 is 37.0 Å². The first-order valence-corrected chi connectivity index (χ1v) is 10.0. The quantitative estimate of drug-likeness (QED) is 0.437. The lowest BCUT2D eigenvalue weighted by Crippen LogP contribution is -2.46. The van der Waals surface area contributed by atoms with Gasteiger partial charge in [-0.25, -0.2) is 4.79 Å². The lowest BCUT2D eigenvalue weighted by atomic mass is 9.83. The lowest BCUT2D eigenvalue weighted by Gasteiger charge is -2.36. The van der Waals surface area contributed by atoms with Gasteiger partial charge < -0.3 is 19.0 Å². The van der Waals surface area contributed by atoms with Gasteiger partial charge in [-0.3, -0.25) is 0 Å². The maximum atomic E-state index is 12.0. The fourth-order valence-corrected chi connectivity index (χ4v) is 3.50. The molecule has 0 heterocycles. The molecule has 2 rings (SSSR count). The molecular formula is C21H28ClF3O5. The highest BCUT2D eigenvalue weighted by atomic mass is 35.5. The highest BCUT2D eigenvalue weighted by Crippen LogP contribution is 2.34. The predicted molar refractivity (Wildman–Crippen MR) is 107 cm³/mol. The van der Waals surface area contributed by atoms with E-state index in [1.807, 2.05) is 19.1 Å². The minimum absolute atomic E-state index is 0.248. The highest BCUT2D eigenvalue weighted by molar-refractivity contribution is 6.31. The number of carbonyl (C=O) groups is 2. The second-order valence-corrected chi connectivity index (χ2v) is 7.36. The van der Waals surface area contributed by atoms with E-state index in [2.05, 4.69) is 0 Å². The van der Waals surface area contributed by atoms with Gasteiger partial charge in [0.2, 0.25) is 0 Å². The first-order chi connectivity index (χ1) is 14.1. The number of aryl methyl sites for hydroxylation is 1. The number of rotatable bonds is 7. The third-order valence-electron chi connectivity index (χ3n) is 4.90. The largest absolute Gasteiger partial charge is 0.464 e.